The number of hydrogen-bond donors (Lipinski definition) is 1. The maximum atomic E-state index is 11.1. The number of benzene rings is 1. The number of aromatic carboxylic acids is 1. The zero-order valence-corrected chi connectivity index (χ0v) is 11.1. The second kappa shape index (κ2) is 5.91. The van der Waals surface area contributed by atoms with Gasteiger partial charge in [0.25, 0.3) is 0 Å². The van der Waals surface area contributed by atoms with Crippen LogP contribution in [0.15, 0.2) is 36.7 Å². The molecule has 2 aromatic rings. The molecule has 0 spiro atoms. The summed E-state index contributed by atoms with van der Waals surface area (Å²) in [4.78, 5) is 14.9. The molecule has 0 aliphatic carbocycles. The van der Waals surface area contributed by atoms with Gasteiger partial charge >= 0.3 is 5.97 Å². The van der Waals surface area contributed by atoms with Crippen LogP contribution in [0.1, 0.15) is 15.9 Å². The Morgan fingerprint density at radius 1 is 1.32 bits per heavy atom. The molecule has 4 nitrogen and oxygen atoms in total. The topological polar surface area (TPSA) is 59.4 Å². The van der Waals surface area contributed by atoms with E-state index in [1.165, 1.54) is 24.4 Å². The molecule has 1 N–H and O–H groups in total. The van der Waals surface area contributed by atoms with Crippen LogP contribution in [0.2, 0.25) is 10.0 Å². The van der Waals surface area contributed by atoms with E-state index in [4.69, 9.17) is 33.0 Å². The third kappa shape index (κ3) is 3.36. The van der Waals surface area contributed by atoms with Crippen molar-refractivity contribution in [2.24, 2.45) is 0 Å². The molecule has 0 aliphatic rings. The first-order valence-electron chi connectivity index (χ1n) is 5.32. The minimum absolute atomic E-state index is 0.0505. The average molecular weight is 298 g/mol. The summed E-state index contributed by atoms with van der Waals surface area (Å²) in [5, 5.41) is 9.91. The lowest BCUT2D eigenvalue weighted by Gasteiger charge is -2.10. The van der Waals surface area contributed by atoms with Gasteiger partial charge in [-0.25, -0.2) is 4.79 Å². The number of aromatic nitrogens is 1. The van der Waals surface area contributed by atoms with Crippen LogP contribution in [0.4, 0.5) is 0 Å². The van der Waals surface area contributed by atoms with Crippen LogP contribution in [0.25, 0.3) is 0 Å². The molecule has 0 amide bonds. The fourth-order valence-corrected chi connectivity index (χ4v) is 1.80. The number of carboxylic acids is 1. The lowest BCUT2D eigenvalue weighted by molar-refractivity contribution is 0.0692. The number of carboxylic acid groups (broad SMARTS) is 1. The van der Waals surface area contributed by atoms with Crippen molar-refractivity contribution in [3.63, 3.8) is 0 Å². The van der Waals surface area contributed by atoms with Gasteiger partial charge in [0.1, 0.15) is 17.9 Å². The van der Waals surface area contributed by atoms with Gasteiger partial charge in [-0.15, -0.1) is 0 Å². The van der Waals surface area contributed by atoms with E-state index < -0.39 is 5.97 Å². The van der Waals surface area contributed by atoms with E-state index in [1.54, 1.807) is 12.3 Å². The number of halogens is 2. The number of pyridine rings is 1. The van der Waals surface area contributed by atoms with E-state index >= 15 is 0 Å². The fraction of sp³-hybridized carbons (Fsp3) is 0.0769. The number of rotatable bonds is 4. The highest BCUT2D eigenvalue weighted by molar-refractivity contribution is 6.31. The van der Waals surface area contributed by atoms with Gasteiger partial charge in [0.2, 0.25) is 0 Å². The zero-order valence-electron chi connectivity index (χ0n) is 9.64. The summed E-state index contributed by atoms with van der Waals surface area (Å²) in [5.41, 5.74) is 0.766. The number of ether oxygens (including phenoxy) is 1. The second-order valence-electron chi connectivity index (χ2n) is 3.70. The van der Waals surface area contributed by atoms with Crippen molar-refractivity contribution in [3.05, 3.63) is 57.8 Å². The molecule has 1 heterocycles. The SMILES string of the molecule is O=C(O)c1ccc(Cl)cc1OCc1ccncc1Cl. The third-order valence-corrected chi connectivity index (χ3v) is 2.99. The molecule has 2 rings (SSSR count). The molecule has 0 saturated heterocycles. The summed E-state index contributed by atoms with van der Waals surface area (Å²) in [6.45, 7) is 0.141. The van der Waals surface area contributed by atoms with E-state index in [0.29, 0.717) is 15.6 Å². The summed E-state index contributed by atoms with van der Waals surface area (Å²) in [6, 6.07) is 6.05. The predicted molar refractivity (Wildman–Crippen MR) is 72.0 cm³/mol. The monoisotopic (exact) mass is 297 g/mol. The highest BCUT2D eigenvalue weighted by atomic mass is 35.5. The largest absolute Gasteiger partial charge is 0.488 e. The molecule has 0 radical (unpaired) electrons. The molecule has 0 fully saturated rings. The minimum Gasteiger partial charge on any atom is -0.488 e. The van der Waals surface area contributed by atoms with Crippen LogP contribution in [0.5, 0.6) is 5.75 Å². The molecule has 1 aromatic heterocycles. The summed E-state index contributed by atoms with van der Waals surface area (Å²) in [7, 11) is 0. The lowest BCUT2D eigenvalue weighted by atomic mass is 10.2. The first-order valence-corrected chi connectivity index (χ1v) is 6.07. The van der Waals surface area contributed by atoms with E-state index in [1.807, 2.05) is 0 Å². The highest BCUT2D eigenvalue weighted by Crippen LogP contribution is 2.25. The Balaban J connectivity index is 2.22. The second-order valence-corrected chi connectivity index (χ2v) is 4.55. The Bertz CT molecular complexity index is 617. The van der Waals surface area contributed by atoms with Crippen LogP contribution in [0.3, 0.4) is 0 Å². The van der Waals surface area contributed by atoms with Crippen molar-refractivity contribution in [2.45, 2.75) is 6.61 Å². The van der Waals surface area contributed by atoms with Gasteiger partial charge in [-0.3, -0.25) is 4.98 Å². The van der Waals surface area contributed by atoms with Gasteiger partial charge in [0.15, 0.2) is 0 Å². The molecule has 1 aromatic carbocycles. The zero-order chi connectivity index (χ0) is 13.8. The Morgan fingerprint density at radius 2 is 2.11 bits per heavy atom. The van der Waals surface area contributed by atoms with Crippen molar-refractivity contribution in [2.75, 3.05) is 0 Å². The van der Waals surface area contributed by atoms with Crippen molar-refractivity contribution in [1.82, 2.24) is 4.98 Å². The molecule has 0 aliphatic heterocycles. The number of carbonyl (C=O) groups is 1. The molecule has 0 unspecified atom stereocenters. The number of hydrogen-bond acceptors (Lipinski definition) is 3. The molecule has 0 atom stereocenters. The first-order chi connectivity index (χ1) is 9.08. The van der Waals surface area contributed by atoms with Gasteiger partial charge < -0.3 is 9.84 Å². The molecule has 0 saturated carbocycles. The van der Waals surface area contributed by atoms with Crippen LogP contribution in [-0.4, -0.2) is 16.1 Å². The maximum Gasteiger partial charge on any atom is 0.339 e. The Kier molecular flexibility index (Phi) is 4.24. The van der Waals surface area contributed by atoms with Gasteiger partial charge in [0, 0.05) is 23.0 Å². The Morgan fingerprint density at radius 3 is 2.79 bits per heavy atom. The van der Waals surface area contributed by atoms with E-state index in [9.17, 15) is 4.79 Å². The molecule has 19 heavy (non-hydrogen) atoms. The van der Waals surface area contributed by atoms with E-state index in [-0.39, 0.29) is 17.9 Å². The maximum absolute atomic E-state index is 11.1. The highest BCUT2D eigenvalue weighted by Gasteiger charge is 2.12. The smallest absolute Gasteiger partial charge is 0.339 e. The predicted octanol–water partition coefficient (Wildman–Crippen LogP) is 3.67. The average Bonchev–Trinajstić information content (AvgIpc) is 2.37. The third-order valence-electron chi connectivity index (χ3n) is 2.41. The summed E-state index contributed by atoms with van der Waals surface area (Å²) < 4.78 is 5.47. The van der Waals surface area contributed by atoms with Crippen LogP contribution >= 0.6 is 23.2 Å². The molecular formula is C13H9Cl2NO3. The normalized spacial score (nSPS) is 10.2. The summed E-state index contributed by atoms with van der Waals surface area (Å²) >= 11 is 11.8. The lowest BCUT2D eigenvalue weighted by Crippen LogP contribution is -2.03. The van der Waals surface area contributed by atoms with E-state index in [0.717, 1.165) is 0 Å². The summed E-state index contributed by atoms with van der Waals surface area (Å²) in [6.07, 6.45) is 3.08. The van der Waals surface area contributed by atoms with Gasteiger partial charge in [-0.05, 0) is 24.3 Å². The van der Waals surface area contributed by atoms with E-state index in [2.05, 4.69) is 4.98 Å². The van der Waals surface area contributed by atoms with Crippen molar-refractivity contribution in [1.29, 1.82) is 0 Å². The molecule has 98 valence electrons. The molecular weight excluding hydrogens is 289 g/mol. The Hall–Kier alpha value is -1.78. The van der Waals surface area contributed by atoms with Crippen molar-refractivity contribution in [3.8, 4) is 5.75 Å². The van der Waals surface area contributed by atoms with Crippen LogP contribution < -0.4 is 4.74 Å². The summed E-state index contributed by atoms with van der Waals surface area (Å²) in [5.74, 6) is -0.875. The molecule has 6 heteroatoms. The quantitative estimate of drug-likeness (QED) is 0.935. The first kappa shape index (κ1) is 13.6. The number of nitrogens with zero attached hydrogens (tertiary/aromatic N) is 1. The van der Waals surface area contributed by atoms with Crippen molar-refractivity contribution >= 4 is 29.2 Å². The fourth-order valence-electron chi connectivity index (χ4n) is 1.47. The minimum atomic E-state index is -1.08. The van der Waals surface area contributed by atoms with Crippen molar-refractivity contribution < 1.29 is 14.6 Å². The standard InChI is InChI=1S/C13H9Cl2NO3/c14-9-1-2-10(13(17)18)12(5-9)19-7-8-3-4-16-6-11(8)15/h1-6H,7H2,(H,17,18). The Labute approximate surface area is 119 Å². The molecule has 0 bridgehead atoms. The van der Waals surface area contributed by atoms with Gasteiger partial charge in [-0.2, -0.15) is 0 Å². The van der Waals surface area contributed by atoms with Gasteiger partial charge in [-0.1, -0.05) is 23.2 Å². The van der Waals surface area contributed by atoms with Crippen LogP contribution in [-0.2, 0) is 6.61 Å². The van der Waals surface area contributed by atoms with Crippen LogP contribution in [0, 0.1) is 0 Å². The van der Waals surface area contributed by atoms with Gasteiger partial charge in [0.05, 0.1) is 5.02 Å².